The van der Waals surface area contributed by atoms with Crippen LogP contribution in [0.4, 0.5) is 4.39 Å². The third-order valence-electron chi connectivity index (χ3n) is 3.54. The zero-order valence-corrected chi connectivity index (χ0v) is 17.6. The third kappa shape index (κ3) is 7.48. The summed E-state index contributed by atoms with van der Waals surface area (Å²) >= 11 is 1.39. The molecular formula is C19H22FN3O4S2. The lowest BCUT2D eigenvalue weighted by atomic mass is 10.2. The van der Waals surface area contributed by atoms with E-state index in [0.29, 0.717) is 5.75 Å². The van der Waals surface area contributed by atoms with E-state index in [1.54, 1.807) is 26.0 Å². The summed E-state index contributed by atoms with van der Waals surface area (Å²) < 4.78 is 39.4. The van der Waals surface area contributed by atoms with Gasteiger partial charge in [-0.2, -0.15) is 0 Å². The Balaban J connectivity index is 1.79. The van der Waals surface area contributed by atoms with Crippen LogP contribution in [-0.4, -0.2) is 32.0 Å². The van der Waals surface area contributed by atoms with Gasteiger partial charge < -0.3 is 0 Å². The van der Waals surface area contributed by atoms with Gasteiger partial charge in [0.15, 0.2) is 0 Å². The first-order valence-corrected chi connectivity index (χ1v) is 11.2. The Kier molecular flexibility index (Phi) is 8.18. The van der Waals surface area contributed by atoms with Gasteiger partial charge in [-0.1, -0.05) is 0 Å². The summed E-state index contributed by atoms with van der Waals surface area (Å²) in [6.45, 7) is 3.42. The number of benzene rings is 2. The Hall–Kier alpha value is -2.43. The Bertz CT molecular complexity index is 946. The highest BCUT2D eigenvalue weighted by atomic mass is 32.2. The van der Waals surface area contributed by atoms with Crippen LogP contribution in [0.3, 0.4) is 0 Å². The number of nitrogens with one attached hydrogen (secondary N) is 3. The summed E-state index contributed by atoms with van der Waals surface area (Å²) in [5.41, 5.74) is 4.79. The second-order valence-corrected chi connectivity index (χ2v) is 9.24. The fourth-order valence-electron chi connectivity index (χ4n) is 2.22. The predicted octanol–water partition coefficient (Wildman–Crippen LogP) is 2.46. The van der Waals surface area contributed by atoms with E-state index in [-0.39, 0.29) is 34.6 Å². The zero-order chi connectivity index (χ0) is 21.4. The highest BCUT2D eigenvalue weighted by Crippen LogP contribution is 2.18. The zero-order valence-electron chi connectivity index (χ0n) is 15.9. The molecule has 2 aromatic carbocycles. The van der Waals surface area contributed by atoms with Gasteiger partial charge in [-0.05, 0) is 62.4 Å². The van der Waals surface area contributed by atoms with Crippen molar-refractivity contribution >= 4 is 33.6 Å². The van der Waals surface area contributed by atoms with Crippen LogP contribution in [-0.2, 0) is 14.8 Å². The van der Waals surface area contributed by atoms with Gasteiger partial charge in [0.05, 0.1) is 4.90 Å². The second kappa shape index (κ2) is 10.4. The molecule has 0 radical (unpaired) electrons. The Labute approximate surface area is 173 Å². The SMILES string of the molecule is CC(C)NS(=O)(=O)c1ccc(C(=O)NNC(=O)CCSc2ccc(F)cc2)cc1. The molecule has 2 amide bonds. The van der Waals surface area contributed by atoms with E-state index in [9.17, 15) is 22.4 Å². The predicted molar refractivity (Wildman–Crippen MR) is 109 cm³/mol. The average Bonchev–Trinajstić information content (AvgIpc) is 2.67. The van der Waals surface area contributed by atoms with Gasteiger partial charge >= 0.3 is 0 Å². The van der Waals surface area contributed by atoms with Crippen molar-refractivity contribution in [3.63, 3.8) is 0 Å². The molecule has 0 fully saturated rings. The molecule has 0 saturated carbocycles. The van der Waals surface area contributed by atoms with E-state index < -0.39 is 15.9 Å². The lowest BCUT2D eigenvalue weighted by Crippen LogP contribution is -2.41. The normalized spacial score (nSPS) is 11.3. The number of thioether (sulfide) groups is 1. The molecule has 0 heterocycles. The monoisotopic (exact) mass is 439 g/mol. The van der Waals surface area contributed by atoms with Crippen molar-refractivity contribution in [3.8, 4) is 0 Å². The first-order chi connectivity index (χ1) is 13.7. The summed E-state index contributed by atoms with van der Waals surface area (Å²) in [7, 11) is -3.64. The van der Waals surface area contributed by atoms with Crippen LogP contribution >= 0.6 is 11.8 Å². The molecule has 156 valence electrons. The van der Waals surface area contributed by atoms with E-state index in [2.05, 4.69) is 15.6 Å². The Morgan fingerprint density at radius 2 is 1.62 bits per heavy atom. The standard InChI is InChI=1S/C19H22FN3O4S2/c1-13(2)23-29(26,27)17-9-3-14(4-10-17)19(25)22-21-18(24)11-12-28-16-7-5-15(20)6-8-16/h3-10,13,23H,11-12H2,1-2H3,(H,21,24)(H,22,25). The van der Waals surface area contributed by atoms with Crippen LogP contribution in [0.2, 0.25) is 0 Å². The van der Waals surface area contributed by atoms with Crippen molar-refractivity contribution < 1.29 is 22.4 Å². The van der Waals surface area contributed by atoms with Crippen LogP contribution in [0.5, 0.6) is 0 Å². The van der Waals surface area contributed by atoms with Gasteiger partial charge in [-0.15, -0.1) is 11.8 Å². The van der Waals surface area contributed by atoms with Gasteiger partial charge in [0.2, 0.25) is 15.9 Å². The van der Waals surface area contributed by atoms with Crippen LogP contribution in [0, 0.1) is 5.82 Å². The first-order valence-electron chi connectivity index (χ1n) is 8.77. The maximum atomic E-state index is 12.8. The maximum absolute atomic E-state index is 12.8. The highest BCUT2D eigenvalue weighted by Gasteiger charge is 2.16. The molecule has 0 aliphatic heterocycles. The van der Waals surface area contributed by atoms with Gasteiger partial charge in [0.25, 0.3) is 5.91 Å². The number of carbonyl (C=O) groups is 2. The van der Waals surface area contributed by atoms with E-state index in [4.69, 9.17) is 0 Å². The quantitative estimate of drug-likeness (QED) is 0.433. The topological polar surface area (TPSA) is 104 Å². The van der Waals surface area contributed by atoms with Crippen molar-refractivity contribution in [2.75, 3.05) is 5.75 Å². The summed E-state index contributed by atoms with van der Waals surface area (Å²) in [4.78, 5) is 24.8. The Morgan fingerprint density at radius 1 is 1.00 bits per heavy atom. The molecule has 0 atom stereocenters. The van der Waals surface area contributed by atoms with E-state index >= 15 is 0 Å². The molecule has 7 nitrogen and oxygen atoms in total. The molecule has 0 unspecified atom stereocenters. The van der Waals surface area contributed by atoms with Crippen LogP contribution in [0.25, 0.3) is 0 Å². The number of halogens is 1. The lowest BCUT2D eigenvalue weighted by Gasteiger charge is -2.10. The van der Waals surface area contributed by atoms with Crippen molar-refractivity contribution in [2.45, 2.75) is 36.1 Å². The van der Waals surface area contributed by atoms with Crippen molar-refractivity contribution in [1.29, 1.82) is 0 Å². The fraction of sp³-hybridized carbons (Fsp3) is 0.263. The molecular weight excluding hydrogens is 417 g/mol. The minimum Gasteiger partial charge on any atom is -0.273 e. The van der Waals surface area contributed by atoms with Crippen LogP contribution in [0.1, 0.15) is 30.6 Å². The molecule has 0 aliphatic carbocycles. The summed E-state index contributed by atoms with van der Waals surface area (Å²) in [5.74, 6) is -0.807. The van der Waals surface area contributed by atoms with E-state index in [1.165, 1.54) is 48.2 Å². The van der Waals surface area contributed by atoms with Crippen LogP contribution < -0.4 is 15.6 Å². The number of rotatable bonds is 8. The second-order valence-electron chi connectivity index (χ2n) is 6.36. The molecule has 3 N–H and O–H groups in total. The number of hydrogen-bond acceptors (Lipinski definition) is 5. The number of hydrogen-bond donors (Lipinski definition) is 3. The molecule has 2 aromatic rings. The summed E-state index contributed by atoms with van der Waals surface area (Å²) in [5, 5.41) is 0. The fourth-order valence-corrected chi connectivity index (χ4v) is 4.32. The minimum absolute atomic E-state index is 0.0459. The smallest absolute Gasteiger partial charge is 0.269 e. The summed E-state index contributed by atoms with van der Waals surface area (Å²) in [6, 6.07) is 11.1. The number of sulfonamides is 1. The Morgan fingerprint density at radius 3 is 2.21 bits per heavy atom. The van der Waals surface area contributed by atoms with Crippen molar-refractivity contribution in [2.24, 2.45) is 0 Å². The first kappa shape index (κ1) is 22.9. The molecule has 0 aromatic heterocycles. The minimum atomic E-state index is -3.64. The van der Waals surface area contributed by atoms with Gasteiger partial charge in [-0.25, -0.2) is 17.5 Å². The highest BCUT2D eigenvalue weighted by molar-refractivity contribution is 7.99. The van der Waals surface area contributed by atoms with Gasteiger partial charge in [0.1, 0.15) is 5.82 Å². The number of hydrazine groups is 1. The van der Waals surface area contributed by atoms with E-state index in [1.807, 2.05) is 0 Å². The molecule has 0 spiro atoms. The maximum Gasteiger partial charge on any atom is 0.269 e. The molecule has 10 heteroatoms. The third-order valence-corrected chi connectivity index (χ3v) is 6.23. The molecule has 2 rings (SSSR count). The molecule has 0 aliphatic rings. The number of amides is 2. The summed E-state index contributed by atoms with van der Waals surface area (Å²) in [6.07, 6.45) is 0.153. The average molecular weight is 440 g/mol. The molecule has 29 heavy (non-hydrogen) atoms. The van der Waals surface area contributed by atoms with Crippen LogP contribution in [0.15, 0.2) is 58.3 Å². The largest absolute Gasteiger partial charge is 0.273 e. The lowest BCUT2D eigenvalue weighted by molar-refractivity contribution is -0.121. The van der Waals surface area contributed by atoms with E-state index in [0.717, 1.165) is 4.90 Å². The van der Waals surface area contributed by atoms with Crippen molar-refractivity contribution in [3.05, 3.63) is 59.9 Å². The molecule has 0 saturated heterocycles. The van der Waals surface area contributed by atoms with Gasteiger partial charge in [-0.3, -0.25) is 20.4 Å². The van der Waals surface area contributed by atoms with Crippen molar-refractivity contribution in [1.82, 2.24) is 15.6 Å². The molecule has 0 bridgehead atoms. The van der Waals surface area contributed by atoms with Gasteiger partial charge in [0, 0.05) is 28.7 Å². The number of carbonyl (C=O) groups excluding carboxylic acids is 2.